The number of benzene rings is 2. The summed E-state index contributed by atoms with van der Waals surface area (Å²) in [7, 11) is 1.31. The Labute approximate surface area is 112 Å². The number of hydrogen-bond acceptors (Lipinski definition) is 3. The Morgan fingerprint density at radius 3 is 2.25 bits per heavy atom. The van der Waals surface area contributed by atoms with Gasteiger partial charge >= 0.3 is 0 Å². The lowest BCUT2D eigenvalue weighted by Crippen LogP contribution is -2.10. The van der Waals surface area contributed by atoms with E-state index < -0.39 is 28.8 Å². The molecule has 0 radical (unpaired) electrons. The standard InChI is InChI=1S/C14H10F3NO2/c1-20-12-3-2-8(18)6-9(12)14(19)13-10(16)4-7(15)5-11(13)17/h2-6H,18H2,1H3. The molecule has 3 nitrogen and oxygen atoms in total. The van der Waals surface area contributed by atoms with Gasteiger partial charge in [-0.25, -0.2) is 13.2 Å². The molecule has 2 rings (SSSR count). The van der Waals surface area contributed by atoms with Crippen LogP contribution in [-0.4, -0.2) is 12.9 Å². The molecule has 0 aliphatic carbocycles. The highest BCUT2D eigenvalue weighted by Gasteiger charge is 2.23. The normalized spacial score (nSPS) is 10.4. The molecule has 0 atom stereocenters. The lowest BCUT2D eigenvalue weighted by molar-refractivity contribution is 0.102. The maximum absolute atomic E-state index is 13.6. The predicted octanol–water partition coefficient (Wildman–Crippen LogP) is 2.93. The number of ketones is 1. The summed E-state index contributed by atoms with van der Waals surface area (Å²) in [4.78, 5) is 12.2. The number of halogens is 3. The van der Waals surface area contributed by atoms with Crippen molar-refractivity contribution >= 4 is 11.5 Å². The molecule has 2 aromatic rings. The van der Waals surface area contributed by atoms with E-state index in [1.54, 1.807) is 0 Å². The summed E-state index contributed by atoms with van der Waals surface area (Å²) < 4.78 is 45.0. The van der Waals surface area contributed by atoms with Crippen molar-refractivity contribution in [3.63, 3.8) is 0 Å². The Bertz CT molecular complexity index is 663. The minimum absolute atomic E-state index is 0.100. The van der Waals surface area contributed by atoms with E-state index in [0.29, 0.717) is 12.1 Å². The second kappa shape index (κ2) is 5.24. The molecule has 0 aliphatic heterocycles. The van der Waals surface area contributed by atoms with E-state index in [1.165, 1.54) is 25.3 Å². The molecule has 0 saturated heterocycles. The van der Waals surface area contributed by atoms with Crippen molar-refractivity contribution in [3.8, 4) is 5.75 Å². The third-order valence-corrected chi connectivity index (χ3v) is 2.70. The van der Waals surface area contributed by atoms with E-state index in [1.807, 2.05) is 0 Å². The first-order chi connectivity index (χ1) is 9.43. The number of rotatable bonds is 3. The Kier molecular flexibility index (Phi) is 3.65. The van der Waals surface area contributed by atoms with Crippen LogP contribution in [0.25, 0.3) is 0 Å². The summed E-state index contributed by atoms with van der Waals surface area (Å²) in [5.41, 5.74) is 4.82. The zero-order valence-corrected chi connectivity index (χ0v) is 10.4. The van der Waals surface area contributed by atoms with Crippen molar-refractivity contribution < 1.29 is 22.7 Å². The fourth-order valence-electron chi connectivity index (χ4n) is 1.80. The maximum atomic E-state index is 13.6. The summed E-state index contributed by atoms with van der Waals surface area (Å²) in [6.07, 6.45) is 0. The summed E-state index contributed by atoms with van der Waals surface area (Å²) in [5, 5.41) is 0. The van der Waals surface area contributed by atoms with Crippen molar-refractivity contribution in [1.29, 1.82) is 0 Å². The highest BCUT2D eigenvalue weighted by Crippen LogP contribution is 2.26. The highest BCUT2D eigenvalue weighted by atomic mass is 19.1. The molecule has 0 saturated carbocycles. The van der Waals surface area contributed by atoms with E-state index in [-0.39, 0.29) is 17.0 Å². The van der Waals surface area contributed by atoms with Gasteiger partial charge in [-0.15, -0.1) is 0 Å². The summed E-state index contributed by atoms with van der Waals surface area (Å²) in [6, 6.07) is 5.00. The summed E-state index contributed by atoms with van der Waals surface area (Å²) in [5.74, 6) is -4.51. The Hall–Kier alpha value is -2.50. The smallest absolute Gasteiger partial charge is 0.202 e. The maximum Gasteiger partial charge on any atom is 0.202 e. The molecule has 104 valence electrons. The van der Waals surface area contributed by atoms with Gasteiger partial charge in [0, 0.05) is 17.8 Å². The van der Waals surface area contributed by atoms with Gasteiger partial charge < -0.3 is 10.5 Å². The summed E-state index contributed by atoms with van der Waals surface area (Å²) in [6.45, 7) is 0. The number of carbonyl (C=O) groups excluding carboxylic acids is 1. The van der Waals surface area contributed by atoms with E-state index in [9.17, 15) is 18.0 Å². The Morgan fingerprint density at radius 2 is 1.70 bits per heavy atom. The Balaban J connectivity index is 2.60. The van der Waals surface area contributed by atoms with Gasteiger partial charge in [0.05, 0.1) is 18.2 Å². The molecule has 0 aliphatic rings. The first kappa shape index (κ1) is 13.9. The molecule has 0 aromatic heterocycles. The Morgan fingerprint density at radius 1 is 1.10 bits per heavy atom. The molecule has 2 N–H and O–H groups in total. The van der Waals surface area contributed by atoms with Crippen LogP contribution in [0.5, 0.6) is 5.75 Å². The van der Waals surface area contributed by atoms with Gasteiger partial charge in [0.1, 0.15) is 23.2 Å². The molecule has 6 heteroatoms. The van der Waals surface area contributed by atoms with Crippen LogP contribution in [0.2, 0.25) is 0 Å². The van der Waals surface area contributed by atoms with Crippen LogP contribution in [-0.2, 0) is 0 Å². The monoisotopic (exact) mass is 281 g/mol. The first-order valence-corrected chi connectivity index (χ1v) is 5.56. The topological polar surface area (TPSA) is 52.3 Å². The van der Waals surface area contributed by atoms with E-state index in [2.05, 4.69) is 0 Å². The second-order valence-corrected chi connectivity index (χ2v) is 4.03. The zero-order valence-electron chi connectivity index (χ0n) is 10.4. The molecular formula is C14H10F3NO2. The number of hydrogen-bond donors (Lipinski definition) is 1. The number of nitrogens with two attached hydrogens (primary N) is 1. The second-order valence-electron chi connectivity index (χ2n) is 4.03. The predicted molar refractivity (Wildman–Crippen MR) is 67.2 cm³/mol. The SMILES string of the molecule is COc1ccc(N)cc1C(=O)c1c(F)cc(F)cc1F. The van der Waals surface area contributed by atoms with Crippen LogP contribution in [0.15, 0.2) is 30.3 Å². The van der Waals surface area contributed by atoms with Gasteiger partial charge in [-0.05, 0) is 18.2 Å². The van der Waals surface area contributed by atoms with Gasteiger partial charge in [0.25, 0.3) is 0 Å². The molecule has 2 aromatic carbocycles. The van der Waals surface area contributed by atoms with Crippen molar-refractivity contribution in [3.05, 3.63) is 58.9 Å². The van der Waals surface area contributed by atoms with Crippen LogP contribution >= 0.6 is 0 Å². The molecule has 0 amide bonds. The highest BCUT2D eigenvalue weighted by molar-refractivity contribution is 6.11. The van der Waals surface area contributed by atoms with Crippen LogP contribution in [0.4, 0.5) is 18.9 Å². The number of methoxy groups -OCH3 is 1. The molecule has 0 bridgehead atoms. The largest absolute Gasteiger partial charge is 0.496 e. The minimum Gasteiger partial charge on any atom is -0.496 e. The van der Waals surface area contributed by atoms with Gasteiger partial charge in [0.2, 0.25) is 5.78 Å². The van der Waals surface area contributed by atoms with E-state index in [0.717, 1.165) is 0 Å². The molecule has 20 heavy (non-hydrogen) atoms. The van der Waals surface area contributed by atoms with Crippen molar-refractivity contribution in [2.24, 2.45) is 0 Å². The number of carbonyl (C=O) groups is 1. The van der Waals surface area contributed by atoms with Crippen molar-refractivity contribution in [2.45, 2.75) is 0 Å². The van der Waals surface area contributed by atoms with Crippen LogP contribution < -0.4 is 10.5 Å². The van der Waals surface area contributed by atoms with Gasteiger partial charge in [-0.3, -0.25) is 4.79 Å². The van der Waals surface area contributed by atoms with E-state index >= 15 is 0 Å². The average molecular weight is 281 g/mol. The minimum atomic E-state index is -1.28. The third kappa shape index (κ3) is 2.45. The van der Waals surface area contributed by atoms with Gasteiger partial charge in [0.15, 0.2) is 0 Å². The van der Waals surface area contributed by atoms with Crippen molar-refractivity contribution in [2.75, 3.05) is 12.8 Å². The zero-order chi connectivity index (χ0) is 14.9. The molecule has 0 fully saturated rings. The van der Waals surface area contributed by atoms with Crippen LogP contribution in [0, 0.1) is 17.5 Å². The first-order valence-electron chi connectivity index (χ1n) is 5.56. The molecule has 0 spiro atoms. The number of nitrogen functional groups attached to an aromatic ring is 1. The van der Waals surface area contributed by atoms with Crippen LogP contribution in [0.1, 0.15) is 15.9 Å². The third-order valence-electron chi connectivity index (χ3n) is 2.70. The number of anilines is 1. The van der Waals surface area contributed by atoms with Crippen molar-refractivity contribution in [1.82, 2.24) is 0 Å². The number of ether oxygens (including phenoxy) is 1. The average Bonchev–Trinajstić information content (AvgIpc) is 2.37. The fraction of sp³-hybridized carbons (Fsp3) is 0.0714. The molecular weight excluding hydrogens is 271 g/mol. The van der Waals surface area contributed by atoms with Gasteiger partial charge in [-0.1, -0.05) is 0 Å². The van der Waals surface area contributed by atoms with Crippen LogP contribution in [0.3, 0.4) is 0 Å². The van der Waals surface area contributed by atoms with Gasteiger partial charge in [-0.2, -0.15) is 0 Å². The van der Waals surface area contributed by atoms with E-state index in [4.69, 9.17) is 10.5 Å². The molecule has 0 unspecified atom stereocenters. The summed E-state index contributed by atoms with van der Waals surface area (Å²) >= 11 is 0. The fourth-order valence-corrected chi connectivity index (χ4v) is 1.80. The lowest BCUT2D eigenvalue weighted by Gasteiger charge is -2.10. The quantitative estimate of drug-likeness (QED) is 0.695. The molecule has 0 heterocycles. The lowest BCUT2D eigenvalue weighted by atomic mass is 10.0.